The van der Waals surface area contributed by atoms with E-state index in [0.717, 1.165) is 24.3 Å². The Bertz CT molecular complexity index is 414. The lowest BCUT2D eigenvalue weighted by Crippen LogP contribution is -2.22. The minimum absolute atomic E-state index is 0.133. The topological polar surface area (TPSA) is 12.0 Å². The van der Waals surface area contributed by atoms with Crippen molar-refractivity contribution in [1.82, 2.24) is 5.32 Å². The molecule has 0 saturated heterocycles. The van der Waals surface area contributed by atoms with Crippen LogP contribution in [-0.2, 0) is 0 Å². The number of benzene rings is 1. The molecule has 1 nitrogen and oxygen atoms in total. The van der Waals surface area contributed by atoms with Gasteiger partial charge in [-0.1, -0.05) is 18.6 Å². The number of halogens is 1. The molecule has 0 amide bonds. The van der Waals surface area contributed by atoms with Gasteiger partial charge in [0.05, 0.1) is 0 Å². The largest absolute Gasteiger partial charge is 0.319 e. The first kappa shape index (κ1) is 13.1. The number of hydrogen-bond donors (Lipinski definition) is 1. The predicted molar refractivity (Wildman–Crippen MR) is 76.6 cm³/mol. The molecular formula is C17H24FN. The van der Waals surface area contributed by atoms with Crippen LogP contribution in [0.2, 0.25) is 0 Å². The summed E-state index contributed by atoms with van der Waals surface area (Å²) in [6, 6.07) is 7.12. The molecule has 2 bridgehead atoms. The molecule has 4 unspecified atom stereocenters. The van der Waals surface area contributed by atoms with Gasteiger partial charge < -0.3 is 5.32 Å². The van der Waals surface area contributed by atoms with Crippen molar-refractivity contribution in [2.75, 3.05) is 13.6 Å². The van der Waals surface area contributed by atoms with Crippen molar-refractivity contribution in [2.45, 2.75) is 38.0 Å². The predicted octanol–water partition coefficient (Wildman–Crippen LogP) is 3.96. The average molecular weight is 261 g/mol. The molecule has 4 atom stereocenters. The lowest BCUT2D eigenvalue weighted by molar-refractivity contribution is 0.292. The van der Waals surface area contributed by atoms with Crippen molar-refractivity contribution in [3.8, 4) is 0 Å². The smallest absolute Gasteiger partial charge is 0.123 e. The van der Waals surface area contributed by atoms with Gasteiger partial charge in [-0.3, -0.25) is 0 Å². The van der Waals surface area contributed by atoms with Crippen LogP contribution in [0.1, 0.15) is 43.6 Å². The zero-order valence-electron chi connectivity index (χ0n) is 11.7. The van der Waals surface area contributed by atoms with Gasteiger partial charge in [0.1, 0.15) is 5.82 Å². The lowest BCUT2D eigenvalue weighted by Gasteiger charge is -2.27. The molecule has 1 aromatic carbocycles. The maximum absolute atomic E-state index is 13.0. The average Bonchev–Trinajstić information content (AvgIpc) is 3.01. The molecule has 2 saturated carbocycles. The number of nitrogens with one attached hydrogen (secondary N) is 1. The molecule has 0 radical (unpaired) electrons. The first-order chi connectivity index (χ1) is 9.26. The summed E-state index contributed by atoms with van der Waals surface area (Å²) < 4.78 is 13.0. The van der Waals surface area contributed by atoms with Gasteiger partial charge in [-0.25, -0.2) is 4.39 Å². The fraction of sp³-hybridized carbons (Fsp3) is 0.647. The van der Waals surface area contributed by atoms with Crippen LogP contribution in [0.15, 0.2) is 24.3 Å². The van der Waals surface area contributed by atoms with Crippen LogP contribution < -0.4 is 5.32 Å². The third-order valence-electron chi connectivity index (χ3n) is 5.26. The summed E-state index contributed by atoms with van der Waals surface area (Å²) in [6.45, 7) is 1.000. The second-order valence-electron chi connectivity index (χ2n) is 6.48. The van der Waals surface area contributed by atoms with E-state index in [1.165, 1.54) is 37.7 Å². The molecule has 3 rings (SSSR count). The van der Waals surface area contributed by atoms with Gasteiger partial charge in [0.15, 0.2) is 0 Å². The molecule has 0 heterocycles. The van der Waals surface area contributed by atoms with Gasteiger partial charge in [-0.2, -0.15) is 0 Å². The second-order valence-corrected chi connectivity index (χ2v) is 6.48. The van der Waals surface area contributed by atoms with E-state index in [9.17, 15) is 4.39 Å². The summed E-state index contributed by atoms with van der Waals surface area (Å²) in [6.07, 6.45) is 7.10. The van der Waals surface area contributed by atoms with Crippen LogP contribution in [0.3, 0.4) is 0 Å². The van der Waals surface area contributed by atoms with E-state index >= 15 is 0 Å². The molecule has 2 aliphatic rings. The minimum Gasteiger partial charge on any atom is -0.319 e. The first-order valence-corrected chi connectivity index (χ1v) is 7.66. The summed E-state index contributed by atoms with van der Waals surface area (Å²) >= 11 is 0. The normalized spacial score (nSPS) is 30.7. The molecule has 0 aromatic heterocycles. The highest BCUT2D eigenvalue weighted by Gasteiger charge is 2.40. The van der Waals surface area contributed by atoms with Crippen LogP contribution in [0.25, 0.3) is 0 Å². The Morgan fingerprint density at radius 3 is 2.58 bits per heavy atom. The van der Waals surface area contributed by atoms with E-state index < -0.39 is 0 Å². The quantitative estimate of drug-likeness (QED) is 0.846. The fourth-order valence-corrected chi connectivity index (χ4v) is 4.35. The van der Waals surface area contributed by atoms with E-state index in [4.69, 9.17) is 0 Å². The molecule has 0 aliphatic heterocycles. The highest BCUT2D eigenvalue weighted by Crippen LogP contribution is 2.51. The highest BCUT2D eigenvalue weighted by molar-refractivity contribution is 5.21. The molecular weight excluding hydrogens is 237 g/mol. The Balaban J connectivity index is 1.68. The molecule has 2 heteroatoms. The van der Waals surface area contributed by atoms with Crippen LogP contribution in [0.4, 0.5) is 4.39 Å². The van der Waals surface area contributed by atoms with Crippen LogP contribution in [0, 0.1) is 23.6 Å². The van der Waals surface area contributed by atoms with E-state index in [1.807, 2.05) is 19.2 Å². The van der Waals surface area contributed by atoms with Crippen LogP contribution >= 0.6 is 0 Å². The summed E-state index contributed by atoms with van der Waals surface area (Å²) in [4.78, 5) is 0. The lowest BCUT2D eigenvalue weighted by atomic mass is 9.80. The number of hydrogen-bond acceptors (Lipinski definition) is 1. The summed E-state index contributed by atoms with van der Waals surface area (Å²) in [5.74, 6) is 3.30. The van der Waals surface area contributed by atoms with E-state index in [1.54, 1.807) is 12.1 Å². The molecule has 1 aromatic rings. The van der Waals surface area contributed by atoms with Crippen molar-refractivity contribution in [2.24, 2.45) is 17.8 Å². The number of likely N-dealkylation sites (N-methyl/N-ethyl adjacent to an activating group) is 1. The summed E-state index contributed by atoms with van der Waals surface area (Å²) in [7, 11) is 2.01. The van der Waals surface area contributed by atoms with Crippen molar-refractivity contribution in [3.05, 3.63) is 35.6 Å². The first-order valence-electron chi connectivity index (χ1n) is 7.66. The minimum atomic E-state index is -0.133. The van der Waals surface area contributed by atoms with Crippen LogP contribution in [0.5, 0.6) is 0 Å². The third kappa shape index (κ3) is 2.84. The van der Waals surface area contributed by atoms with Crippen molar-refractivity contribution in [1.29, 1.82) is 0 Å². The van der Waals surface area contributed by atoms with Crippen molar-refractivity contribution >= 4 is 0 Å². The Morgan fingerprint density at radius 1 is 1.21 bits per heavy atom. The zero-order chi connectivity index (χ0) is 13.2. The van der Waals surface area contributed by atoms with Gasteiger partial charge >= 0.3 is 0 Å². The van der Waals surface area contributed by atoms with Gasteiger partial charge in [0, 0.05) is 6.54 Å². The maximum atomic E-state index is 13.0. The molecule has 2 fully saturated rings. The Kier molecular flexibility index (Phi) is 3.88. The van der Waals surface area contributed by atoms with Crippen LogP contribution in [-0.4, -0.2) is 13.6 Å². The molecule has 19 heavy (non-hydrogen) atoms. The molecule has 2 aliphatic carbocycles. The van der Waals surface area contributed by atoms with Crippen molar-refractivity contribution < 1.29 is 4.39 Å². The van der Waals surface area contributed by atoms with Gasteiger partial charge in [-0.15, -0.1) is 0 Å². The SMILES string of the molecule is CNCC(CC1CC2CCC1C2)c1ccc(F)cc1. The van der Waals surface area contributed by atoms with Gasteiger partial charge in [0.25, 0.3) is 0 Å². The molecule has 0 spiro atoms. The van der Waals surface area contributed by atoms with Gasteiger partial charge in [0.2, 0.25) is 0 Å². The zero-order valence-corrected chi connectivity index (χ0v) is 11.7. The summed E-state index contributed by atoms with van der Waals surface area (Å²) in [5.41, 5.74) is 1.29. The van der Waals surface area contributed by atoms with Crippen molar-refractivity contribution in [3.63, 3.8) is 0 Å². The van der Waals surface area contributed by atoms with Gasteiger partial charge in [-0.05, 0) is 74.1 Å². The molecule has 104 valence electrons. The molecule has 1 N–H and O–H groups in total. The van der Waals surface area contributed by atoms with E-state index in [0.29, 0.717) is 5.92 Å². The second kappa shape index (κ2) is 5.62. The monoisotopic (exact) mass is 261 g/mol. The van der Waals surface area contributed by atoms with E-state index in [2.05, 4.69) is 5.32 Å². The van der Waals surface area contributed by atoms with E-state index in [-0.39, 0.29) is 5.82 Å². The summed E-state index contributed by atoms with van der Waals surface area (Å²) in [5, 5.41) is 3.31. The Hall–Kier alpha value is -0.890. The highest BCUT2D eigenvalue weighted by atomic mass is 19.1. The number of rotatable bonds is 5. The Morgan fingerprint density at radius 2 is 2.00 bits per heavy atom. The maximum Gasteiger partial charge on any atom is 0.123 e. The Labute approximate surface area is 115 Å². The third-order valence-corrected chi connectivity index (χ3v) is 5.26. The standard InChI is InChI=1S/C17H24FN/c1-19-11-16(13-4-6-17(18)7-5-13)10-15-9-12-2-3-14(15)8-12/h4-7,12,14-16,19H,2-3,8-11H2,1H3. The number of fused-ring (bicyclic) bond motifs is 2. The fourth-order valence-electron chi connectivity index (χ4n) is 4.35.